The van der Waals surface area contributed by atoms with E-state index in [0.717, 1.165) is 17.7 Å². The molecule has 2 aromatic rings. The van der Waals surface area contributed by atoms with Crippen LogP contribution in [-0.2, 0) is 6.54 Å². The van der Waals surface area contributed by atoms with Gasteiger partial charge in [-0.15, -0.1) is 0 Å². The number of aryl methyl sites for hydroxylation is 1. The minimum absolute atomic E-state index is 0.139. The molecule has 0 saturated carbocycles. The van der Waals surface area contributed by atoms with Crippen LogP contribution >= 0.6 is 0 Å². The number of halogens is 1. The summed E-state index contributed by atoms with van der Waals surface area (Å²) in [5.41, 5.74) is 1.49. The maximum Gasteiger partial charge on any atom is 0.306 e. The maximum absolute atomic E-state index is 13.2. The van der Waals surface area contributed by atoms with Crippen molar-refractivity contribution in [2.75, 3.05) is 5.32 Å². The smallest absolute Gasteiger partial charge is 0.306 e. The number of hydrogen-bond acceptors (Lipinski definition) is 4. The molecule has 2 N–H and O–H groups in total. The van der Waals surface area contributed by atoms with Gasteiger partial charge >= 0.3 is 5.69 Å². The summed E-state index contributed by atoms with van der Waals surface area (Å²) < 4.78 is 13.2. The number of nitrogens with one attached hydrogen (secondary N) is 1. The average Bonchev–Trinajstić information content (AvgIpc) is 2.41. The molecule has 0 aliphatic heterocycles. The molecule has 2 aromatic carbocycles. The molecule has 0 amide bonds. The van der Waals surface area contributed by atoms with Gasteiger partial charge in [-0.1, -0.05) is 17.7 Å². The summed E-state index contributed by atoms with van der Waals surface area (Å²) in [5.74, 6) is -0.737. The van der Waals surface area contributed by atoms with Crippen molar-refractivity contribution in [3.8, 4) is 5.75 Å². The Morgan fingerprint density at radius 1 is 1.30 bits per heavy atom. The highest BCUT2D eigenvalue weighted by atomic mass is 19.1. The van der Waals surface area contributed by atoms with Gasteiger partial charge in [0.05, 0.1) is 4.92 Å². The molecule has 104 valence electrons. The van der Waals surface area contributed by atoms with Gasteiger partial charge in [0.25, 0.3) is 0 Å². The number of nitro benzene ring substituents is 1. The molecule has 0 aliphatic carbocycles. The summed E-state index contributed by atoms with van der Waals surface area (Å²) in [5, 5.41) is 23.3. The van der Waals surface area contributed by atoms with Crippen LogP contribution < -0.4 is 5.32 Å². The molecular weight excluding hydrogens is 263 g/mol. The van der Waals surface area contributed by atoms with E-state index >= 15 is 0 Å². The van der Waals surface area contributed by atoms with Crippen molar-refractivity contribution in [3.63, 3.8) is 0 Å². The Bertz CT molecular complexity index is 659. The van der Waals surface area contributed by atoms with E-state index in [4.69, 9.17) is 0 Å². The van der Waals surface area contributed by atoms with Crippen molar-refractivity contribution in [1.29, 1.82) is 0 Å². The number of hydrogen-bond donors (Lipinski definition) is 2. The summed E-state index contributed by atoms with van der Waals surface area (Å²) in [7, 11) is 0. The maximum atomic E-state index is 13.2. The number of anilines is 1. The second kappa shape index (κ2) is 5.56. The molecule has 0 spiro atoms. The first-order chi connectivity index (χ1) is 9.47. The van der Waals surface area contributed by atoms with Crippen LogP contribution in [0.15, 0.2) is 36.4 Å². The zero-order valence-electron chi connectivity index (χ0n) is 10.8. The lowest BCUT2D eigenvalue weighted by molar-refractivity contribution is -0.387. The highest BCUT2D eigenvalue weighted by molar-refractivity contribution is 5.52. The predicted molar refractivity (Wildman–Crippen MR) is 73.2 cm³/mol. The van der Waals surface area contributed by atoms with E-state index in [2.05, 4.69) is 5.32 Å². The molecule has 20 heavy (non-hydrogen) atoms. The Morgan fingerprint density at radius 3 is 2.75 bits per heavy atom. The second-order valence-electron chi connectivity index (χ2n) is 4.41. The Balaban J connectivity index is 2.17. The summed E-state index contributed by atoms with van der Waals surface area (Å²) in [4.78, 5) is 9.87. The molecular formula is C14H13FN2O3. The topological polar surface area (TPSA) is 75.4 Å². The van der Waals surface area contributed by atoms with Gasteiger partial charge in [-0.25, -0.2) is 0 Å². The van der Waals surface area contributed by atoms with Gasteiger partial charge in [0.15, 0.2) is 0 Å². The van der Waals surface area contributed by atoms with E-state index in [1.54, 1.807) is 18.2 Å². The van der Waals surface area contributed by atoms with Crippen LogP contribution in [0.25, 0.3) is 0 Å². The van der Waals surface area contributed by atoms with Crippen LogP contribution in [0.5, 0.6) is 5.75 Å². The van der Waals surface area contributed by atoms with E-state index in [9.17, 15) is 19.6 Å². The molecule has 0 atom stereocenters. The molecule has 0 aliphatic rings. The van der Waals surface area contributed by atoms with Gasteiger partial charge in [-0.2, -0.15) is 4.39 Å². The van der Waals surface area contributed by atoms with E-state index in [1.807, 2.05) is 6.92 Å². The molecule has 0 radical (unpaired) electrons. The van der Waals surface area contributed by atoms with E-state index in [0.29, 0.717) is 11.3 Å². The number of benzene rings is 2. The molecule has 0 aromatic heterocycles. The van der Waals surface area contributed by atoms with Crippen molar-refractivity contribution in [2.45, 2.75) is 13.5 Å². The van der Waals surface area contributed by atoms with Gasteiger partial charge in [0, 0.05) is 23.9 Å². The highest BCUT2D eigenvalue weighted by Gasteiger charge is 2.14. The molecule has 6 heteroatoms. The van der Waals surface area contributed by atoms with E-state index < -0.39 is 16.4 Å². The number of aromatic hydroxyl groups is 1. The second-order valence-corrected chi connectivity index (χ2v) is 4.41. The van der Waals surface area contributed by atoms with E-state index in [-0.39, 0.29) is 12.3 Å². The van der Waals surface area contributed by atoms with Crippen LogP contribution in [0.4, 0.5) is 15.8 Å². The Hall–Kier alpha value is -2.63. The lowest BCUT2D eigenvalue weighted by Gasteiger charge is -2.09. The molecule has 2 rings (SSSR count). The van der Waals surface area contributed by atoms with Crippen LogP contribution in [0, 0.1) is 22.9 Å². The predicted octanol–water partition coefficient (Wildman–Crippen LogP) is 3.36. The third-order valence-corrected chi connectivity index (χ3v) is 2.86. The van der Waals surface area contributed by atoms with Crippen LogP contribution in [0.3, 0.4) is 0 Å². The summed E-state index contributed by atoms with van der Waals surface area (Å²) in [6, 6.07) is 8.75. The Morgan fingerprint density at radius 2 is 2.05 bits per heavy atom. The summed E-state index contributed by atoms with van der Waals surface area (Å²) >= 11 is 0. The fourth-order valence-electron chi connectivity index (χ4n) is 1.82. The molecule has 0 fully saturated rings. The average molecular weight is 276 g/mol. The molecule has 5 nitrogen and oxygen atoms in total. The van der Waals surface area contributed by atoms with E-state index in [1.165, 1.54) is 6.07 Å². The third kappa shape index (κ3) is 3.03. The number of nitro groups is 1. The van der Waals surface area contributed by atoms with Gasteiger partial charge in [0.1, 0.15) is 5.75 Å². The minimum Gasteiger partial charge on any atom is -0.508 e. The standard InChI is InChI=1S/C14H13FN2O3/c1-9-2-5-14(18)10(6-9)8-16-11-3-4-12(15)13(7-11)17(19)20/h2-7,16,18H,8H2,1H3. The zero-order chi connectivity index (χ0) is 14.7. The summed E-state index contributed by atoms with van der Waals surface area (Å²) in [6.07, 6.45) is 0. The van der Waals surface area contributed by atoms with Gasteiger partial charge in [0.2, 0.25) is 5.82 Å². The van der Waals surface area contributed by atoms with Crippen molar-refractivity contribution in [3.05, 3.63) is 63.5 Å². The fraction of sp³-hybridized carbons (Fsp3) is 0.143. The third-order valence-electron chi connectivity index (χ3n) is 2.86. The number of phenols is 1. The minimum atomic E-state index is -0.876. The van der Waals surface area contributed by atoms with Crippen LogP contribution in [-0.4, -0.2) is 10.0 Å². The fourth-order valence-corrected chi connectivity index (χ4v) is 1.82. The number of rotatable bonds is 4. The summed E-state index contributed by atoms with van der Waals surface area (Å²) in [6.45, 7) is 2.18. The monoisotopic (exact) mass is 276 g/mol. The quantitative estimate of drug-likeness (QED) is 0.663. The Kier molecular flexibility index (Phi) is 3.84. The van der Waals surface area contributed by atoms with Crippen molar-refractivity contribution in [1.82, 2.24) is 0 Å². The SMILES string of the molecule is Cc1ccc(O)c(CNc2ccc(F)c([N+](=O)[O-])c2)c1. The molecule has 0 bridgehead atoms. The van der Waals surface area contributed by atoms with Crippen LogP contribution in [0.2, 0.25) is 0 Å². The largest absolute Gasteiger partial charge is 0.508 e. The van der Waals surface area contributed by atoms with Crippen LogP contribution in [0.1, 0.15) is 11.1 Å². The van der Waals surface area contributed by atoms with Gasteiger partial charge in [-0.3, -0.25) is 10.1 Å². The first-order valence-corrected chi connectivity index (χ1v) is 5.93. The van der Waals surface area contributed by atoms with Crippen molar-refractivity contribution in [2.24, 2.45) is 0 Å². The Labute approximate surface area is 114 Å². The highest BCUT2D eigenvalue weighted by Crippen LogP contribution is 2.24. The van der Waals surface area contributed by atoms with Gasteiger partial charge < -0.3 is 10.4 Å². The number of phenolic OH excluding ortho intramolecular Hbond substituents is 1. The molecule has 0 saturated heterocycles. The molecule has 0 heterocycles. The normalized spacial score (nSPS) is 10.3. The number of nitrogens with zero attached hydrogens (tertiary/aromatic N) is 1. The van der Waals surface area contributed by atoms with Crippen molar-refractivity contribution < 1.29 is 14.4 Å². The molecule has 0 unspecified atom stereocenters. The first-order valence-electron chi connectivity index (χ1n) is 5.93. The van der Waals surface area contributed by atoms with Crippen molar-refractivity contribution >= 4 is 11.4 Å². The lowest BCUT2D eigenvalue weighted by atomic mass is 10.1. The van der Waals surface area contributed by atoms with Gasteiger partial charge in [-0.05, 0) is 25.1 Å². The first kappa shape index (κ1) is 13.8. The lowest BCUT2D eigenvalue weighted by Crippen LogP contribution is -2.01. The zero-order valence-corrected chi connectivity index (χ0v) is 10.8.